The lowest BCUT2D eigenvalue weighted by molar-refractivity contribution is -0.896. The molecule has 0 saturated carbocycles. The number of hydrogen-bond acceptors (Lipinski definition) is 7. The Morgan fingerprint density at radius 1 is 1.00 bits per heavy atom. The number of thiophene rings is 1. The Bertz CT molecular complexity index is 1540. The van der Waals surface area contributed by atoms with Crippen LogP contribution in [0.4, 0.5) is 22.0 Å². The van der Waals surface area contributed by atoms with E-state index in [1.807, 2.05) is 4.90 Å². The van der Waals surface area contributed by atoms with Crippen LogP contribution in [0.2, 0.25) is 15.1 Å². The molecule has 5 rings (SSSR count). The zero-order valence-electron chi connectivity index (χ0n) is 24.8. The Kier molecular flexibility index (Phi) is 11.1. The smallest absolute Gasteiger partial charge is 0.315 e. The van der Waals surface area contributed by atoms with Crippen LogP contribution >= 0.6 is 46.1 Å². The lowest BCUT2D eigenvalue weighted by Crippen LogP contribution is -2.47. The average molecular weight is 696 g/mol. The van der Waals surface area contributed by atoms with E-state index in [2.05, 4.69) is 33.3 Å². The molecule has 4 heterocycles. The summed E-state index contributed by atoms with van der Waals surface area (Å²) in [4.78, 5) is 46.0. The Morgan fingerprint density at radius 2 is 1.76 bits per heavy atom. The summed E-state index contributed by atoms with van der Waals surface area (Å²) in [5, 5.41) is 14.1. The number of morpholine rings is 1. The maximum absolute atomic E-state index is 13.7. The number of benzene rings is 1. The normalized spacial score (nSPS) is 15.9. The Balaban J connectivity index is 1.30. The summed E-state index contributed by atoms with van der Waals surface area (Å²) in [5.74, 6) is -0.742. The van der Waals surface area contributed by atoms with Crippen LogP contribution in [0.1, 0.15) is 38.4 Å². The molecule has 4 amide bonds. The number of aromatic nitrogens is 1. The molecule has 2 fully saturated rings. The number of quaternary nitrogens is 1. The summed E-state index contributed by atoms with van der Waals surface area (Å²) in [6.07, 6.45) is 3.86. The number of carbonyl (C=O) groups excluding carboxylic acids is 3. The first kappa shape index (κ1) is 33.2. The minimum Gasteiger partial charge on any atom is -0.378 e. The molecule has 1 aromatic carbocycles. The molecule has 0 aliphatic carbocycles. The minimum absolute atomic E-state index is 0.144. The highest BCUT2D eigenvalue weighted by Gasteiger charge is 2.27. The molecule has 11 nitrogen and oxygen atoms in total. The lowest BCUT2D eigenvalue weighted by Gasteiger charge is -2.31. The van der Waals surface area contributed by atoms with Gasteiger partial charge in [-0.3, -0.25) is 9.59 Å². The molecule has 0 atom stereocenters. The molecular weight excluding hydrogens is 661 g/mol. The molecule has 2 saturated heterocycles. The largest absolute Gasteiger partial charge is 0.378 e. The van der Waals surface area contributed by atoms with Crippen molar-refractivity contribution in [1.29, 1.82) is 0 Å². The highest BCUT2D eigenvalue weighted by atomic mass is 35.5. The summed E-state index contributed by atoms with van der Waals surface area (Å²) < 4.78 is 6.47. The number of likely N-dealkylation sites (tertiary alicyclic amines) is 1. The van der Waals surface area contributed by atoms with E-state index in [1.165, 1.54) is 25.1 Å². The van der Waals surface area contributed by atoms with Crippen molar-refractivity contribution < 1.29 is 23.6 Å². The van der Waals surface area contributed by atoms with Gasteiger partial charge >= 0.3 is 6.03 Å². The molecule has 0 bridgehead atoms. The summed E-state index contributed by atoms with van der Waals surface area (Å²) in [5.41, 5.74) is 1.60. The molecular formula is C30H35Cl3N7O4S+. The fourth-order valence-electron chi connectivity index (χ4n) is 5.41. The van der Waals surface area contributed by atoms with Gasteiger partial charge in [0.15, 0.2) is 0 Å². The second-order valence-corrected chi connectivity index (χ2v) is 13.4. The molecule has 240 valence electrons. The number of amides is 4. The van der Waals surface area contributed by atoms with Crippen LogP contribution in [-0.2, 0) is 11.3 Å². The molecule has 0 spiro atoms. The molecule has 3 aromatic rings. The van der Waals surface area contributed by atoms with E-state index in [1.54, 1.807) is 23.6 Å². The molecule has 0 unspecified atom stereocenters. The summed E-state index contributed by atoms with van der Waals surface area (Å²) >= 11 is 20.2. The maximum atomic E-state index is 13.7. The number of hydrogen-bond donors (Lipinski definition) is 4. The topological polar surface area (TPSA) is 125 Å². The van der Waals surface area contributed by atoms with Crippen LogP contribution in [-0.4, -0.2) is 86.8 Å². The number of anilines is 3. The summed E-state index contributed by atoms with van der Waals surface area (Å²) in [6.45, 7) is 5.92. The van der Waals surface area contributed by atoms with Crippen molar-refractivity contribution >= 4 is 81.2 Å². The number of urea groups is 1. The van der Waals surface area contributed by atoms with Crippen molar-refractivity contribution in [1.82, 2.24) is 15.6 Å². The van der Waals surface area contributed by atoms with Crippen molar-refractivity contribution in [3.05, 3.63) is 66.9 Å². The van der Waals surface area contributed by atoms with Crippen LogP contribution in [0.15, 0.2) is 35.8 Å². The predicted molar refractivity (Wildman–Crippen MR) is 179 cm³/mol. The van der Waals surface area contributed by atoms with E-state index in [0.29, 0.717) is 54.1 Å². The third kappa shape index (κ3) is 8.57. The predicted octanol–water partition coefficient (Wildman–Crippen LogP) is 5.48. The minimum atomic E-state index is -0.522. The van der Waals surface area contributed by atoms with Gasteiger partial charge in [-0.1, -0.05) is 34.8 Å². The van der Waals surface area contributed by atoms with E-state index in [4.69, 9.17) is 39.5 Å². The molecule has 2 aliphatic rings. The third-order valence-electron chi connectivity index (χ3n) is 7.92. The number of nitrogens with zero attached hydrogens (tertiary/aromatic N) is 3. The van der Waals surface area contributed by atoms with E-state index in [-0.39, 0.29) is 39.5 Å². The number of ether oxygens (including phenoxy) is 1. The van der Waals surface area contributed by atoms with Gasteiger partial charge in [-0.15, -0.1) is 11.3 Å². The highest BCUT2D eigenvalue weighted by Crippen LogP contribution is 2.36. The van der Waals surface area contributed by atoms with E-state index in [9.17, 15) is 14.4 Å². The van der Waals surface area contributed by atoms with Gasteiger partial charge in [0.2, 0.25) is 0 Å². The van der Waals surface area contributed by atoms with Crippen molar-refractivity contribution in [2.75, 3.05) is 75.1 Å². The zero-order valence-corrected chi connectivity index (χ0v) is 27.8. The van der Waals surface area contributed by atoms with Gasteiger partial charge in [-0.25, -0.2) is 9.78 Å². The molecule has 4 N–H and O–H groups in total. The number of carbonyl (C=O) groups is 3. The van der Waals surface area contributed by atoms with E-state index in [0.717, 1.165) is 35.5 Å². The first-order valence-electron chi connectivity index (χ1n) is 14.6. The second-order valence-electron chi connectivity index (χ2n) is 11.2. The van der Waals surface area contributed by atoms with Crippen LogP contribution in [0.25, 0.3) is 0 Å². The SMILES string of the molecule is C[N+]1(CCNC(=O)NCc2csc(C(=O)Nc3c(C(=O)Nc4ccc(Cl)cn4)cc(Cl)cc3N3CCOCC3)c2Cl)CCCC1. The van der Waals surface area contributed by atoms with Crippen LogP contribution < -0.4 is 26.2 Å². The van der Waals surface area contributed by atoms with Gasteiger partial charge in [0.05, 0.1) is 73.4 Å². The van der Waals surface area contributed by atoms with Gasteiger partial charge < -0.3 is 35.4 Å². The standard InChI is InChI=1S/C30H34Cl3N7O4S/c1-40(9-2-3-10-40)11-6-34-30(43)36-16-19-18-45-27(25(19)33)29(42)38-26-22(28(41)37-24-5-4-20(31)17-35-24)14-21(32)15-23(26)39-7-12-44-13-8-39/h4-5,14-15,17-18H,2-3,6-13,16H2,1H3,(H3-,34,35,36,37,38,41,42,43)/p+1. The van der Waals surface area contributed by atoms with Crippen LogP contribution in [0.5, 0.6) is 0 Å². The monoisotopic (exact) mass is 694 g/mol. The van der Waals surface area contributed by atoms with Crippen molar-refractivity contribution in [2.24, 2.45) is 0 Å². The second kappa shape index (κ2) is 15.0. The van der Waals surface area contributed by atoms with E-state index >= 15 is 0 Å². The fraction of sp³-hybridized carbons (Fsp3) is 0.400. The molecule has 0 radical (unpaired) electrons. The van der Waals surface area contributed by atoms with Gasteiger partial charge in [-0.2, -0.15) is 0 Å². The van der Waals surface area contributed by atoms with Gasteiger partial charge in [0, 0.05) is 49.3 Å². The third-order valence-corrected chi connectivity index (χ3v) is 9.93. The molecule has 45 heavy (non-hydrogen) atoms. The van der Waals surface area contributed by atoms with Crippen molar-refractivity contribution in [2.45, 2.75) is 19.4 Å². The quantitative estimate of drug-likeness (QED) is 0.208. The molecule has 2 aliphatic heterocycles. The van der Waals surface area contributed by atoms with Crippen LogP contribution in [0, 0.1) is 0 Å². The Morgan fingerprint density at radius 3 is 2.47 bits per heavy atom. The highest BCUT2D eigenvalue weighted by molar-refractivity contribution is 7.13. The van der Waals surface area contributed by atoms with Gasteiger partial charge in [-0.05, 0) is 29.6 Å². The number of rotatable bonds is 10. The average Bonchev–Trinajstić information content (AvgIpc) is 3.63. The zero-order chi connectivity index (χ0) is 32.0. The fourth-order valence-corrected chi connectivity index (χ4v) is 7.00. The first-order chi connectivity index (χ1) is 21.6. The summed E-state index contributed by atoms with van der Waals surface area (Å²) in [6, 6.07) is 6.08. The Labute approximate surface area is 280 Å². The molecule has 2 aromatic heterocycles. The Hall–Kier alpha value is -3.13. The summed E-state index contributed by atoms with van der Waals surface area (Å²) in [7, 11) is 2.21. The number of likely N-dealkylation sites (N-methyl/N-ethyl adjacent to an activating group) is 1. The maximum Gasteiger partial charge on any atom is 0.315 e. The lowest BCUT2D eigenvalue weighted by atomic mass is 10.1. The van der Waals surface area contributed by atoms with Gasteiger partial charge in [0.1, 0.15) is 10.7 Å². The van der Waals surface area contributed by atoms with Crippen molar-refractivity contribution in [3.63, 3.8) is 0 Å². The van der Waals surface area contributed by atoms with E-state index < -0.39 is 11.8 Å². The number of halogens is 3. The number of pyridine rings is 1. The number of nitrogens with one attached hydrogen (secondary N) is 4. The van der Waals surface area contributed by atoms with Crippen molar-refractivity contribution in [3.8, 4) is 0 Å². The molecule has 15 heteroatoms. The van der Waals surface area contributed by atoms with Gasteiger partial charge in [0.25, 0.3) is 11.8 Å². The van der Waals surface area contributed by atoms with Crippen LogP contribution in [0.3, 0.4) is 0 Å². The first-order valence-corrected chi connectivity index (χ1v) is 16.6.